The van der Waals surface area contributed by atoms with Crippen molar-refractivity contribution in [3.8, 4) is 11.5 Å². The van der Waals surface area contributed by atoms with Crippen molar-refractivity contribution in [3.63, 3.8) is 0 Å². The molecule has 0 saturated heterocycles. The van der Waals surface area contributed by atoms with Crippen molar-refractivity contribution in [3.05, 3.63) is 119 Å². The molecule has 10 heteroatoms. The molecule has 0 spiro atoms. The number of nitrogens with zero attached hydrogens (tertiary/aromatic N) is 2. The van der Waals surface area contributed by atoms with E-state index in [0.717, 1.165) is 26.6 Å². The summed E-state index contributed by atoms with van der Waals surface area (Å²) in [6.45, 7) is 7.06. The van der Waals surface area contributed by atoms with Gasteiger partial charge in [0.2, 0.25) is 11.8 Å². The molecule has 1 atom stereocenters. The molecule has 4 aromatic carbocycles. The van der Waals surface area contributed by atoms with Gasteiger partial charge in [-0.15, -0.1) is 0 Å². The Hall–Kier alpha value is -4.83. The average Bonchev–Trinajstić information content (AvgIpc) is 3.05. The number of anilines is 1. The van der Waals surface area contributed by atoms with Crippen LogP contribution in [0, 0.1) is 13.8 Å². The van der Waals surface area contributed by atoms with Gasteiger partial charge in [0.25, 0.3) is 10.0 Å². The van der Waals surface area contributed by atoms with E-state index in [2.05, 4.69) is 5.32 Å². The van der Waals surface area contributed by atoms with E-state index >= 15 is 0 Å². The topological polar surface area (TPSA) is 105 Å². The highest BCUT2D eigenvalue weighted by Gasteiger charge is 2.35. The van der Waals surface area contributed by atoms with Crippen molar-refractivity contribution in [2.75, 3.05) is 25.1 Å². The number of hydrogen-bond donors (Lipinski definition) is 1. The Balaban J connectivity index is 1.85. The van der Waals surface area contributed by atoms with E-state index in [0.29, 0.717) is 11.5 Å². The van der Waals surface area contributed by atoms with Crippen LogP contribution in [0.25, 0.3) is 0 Å². The second-order valence-electron chi connectivity index (χ2n) is 11.7. The molecule has 47 heavy (non-hydrogen) atoms. The molecule has 0 aliphatic heterocycles. The van der Waals surface area contributed by atoms with Gasteiger partial charge in [0, 0.05) is 25.1 Å². The van der Waals surface area contributed by atoms with E-state index in [4.69, 9.17) is 9.47 Å². The number of nitrogens with one attached hydrogen (secondary N) is 1. The number of methoxy groups -OCH3 is 2. The fourth-order valence-corrected chi connectivity index (χ4v) is 6.69. The highest BCUT2D eigenvalue weighted by Crippen LogP contribution is 2.34. The Bertz CT molecular complexity index is 1780. The number of carbonyl (C=O) groups excluding carboxylic acids is 2. The molecule has 4 aromatic rings. The van der Waals surface area contributed by atoms with Gasteiger partial charge in [0.15, 0.2) is 11.5 Å². The quantitative estimate of drug-likeness (QED) is 0.187. The lowest BCUT2D eigenvalue weighted by Gasteiger charge is -2.34. The third kappa shape index (κ3) is 8.92. The van der Waals surface area contributed by atoms with E-state index in [-0.39, 0.29) is 35.5 Å². The summed E-state index contributed by atoms with van der Waals surface area (Å²) in [5, 5.41) is 2.97. The van der Waals surface area contributed by atoms with Crippen LogP contribution in [0.2, 0.25) is 0 Å². The third-order valence-corrected chi connectivity index (χ3v) is 9.47. The van der Waals surface area contributed by atoms with E-state index in [1.807, 2.05) is 82.3 Å². The van der Waals surface area contributed by atoms with Gasteiger partial charge in [0.05, 0.1) is 24.8 Å². The second-order valence-corrected chi connectivity index (χ2v) is 13.6. The molecule has 4 rings (SSSR count). The number of amides is 2. The monoisotopic (exact) mass is 657 g/mol. The highest BCUT2D eigenvalue weighted by atomic mass is 32.2. The summed E-state index contributed by atoms with van der Waals surface area (Å²) >= 11 is 0. The van der Waals surface area contributed by atoms with Crippen LogP contribution in [0.1, 0.15) is 36.1 Å². The van der Waals surface area contributed by atoms with Crippen molar-refractivity contribution in [2.45, 2.75) is 57.6 Å². The maximum Gasteiger partial charge on any atom is 0.264 e. The summed E-state index contributed by atoms with van der Waals surface area (Å²) in [7, 11) is -1.32. The Morgan fingerprint density at radius 1 is 0.766 bits per heavy atom. The summed E-state index contributed by atoms with van der Waals surface area (Å²) in [5.74, 6) is -0.165. The maximum atomic E-state index is 14.6. The Labute approximate surface area is 278 Å². The molecule has 0 heterocycles. The lowest BCUT2D eigenvalue weighted by Crippen LogP contribution is -2.54. The summed E-state index contributed by atoms with van der Waals surface area (Å²) in [5.41, 5.74) is 3.77. The molecule has 1 N–H and O–H groups in total. The van der Waals surface area contributed by atoms with Crippen LogP contribution in [-0.2, 0) is 32.6 Å². The fourth-order valence-electron chi connectivity index (χ4n) is 5.29. The maximum absolute atomic E-state index is 14.6. The van der Waals surface area contributed by atoms with Crippen LogP contribution in [-0.4, -0.2) is 58.0 Å². The number of rotatable bonds is 14. The SMILES string of the molecule is COc1ccc(N(CC(=O)N(Cc2cccc(C)c2)[C@H](Cc2ccccc2)C(=O)NC(C)C)S(=O)(=O)c2ccc(C)cc2)cc1OC. The third-order valence-electron chi connectivity index (χ3n) is 7.68. The zero-order valence-electron chi connectivity index (χ0n) is 27.8. The lowest BCUT2D eigenvalue weighted by molar-refractivity contribution is -0.140. The van der Waals surface area contributed by atoms with Gasteiger partial charge in [-0.3, -0.25) is 13.9 Å². The van der Waals surface area contributed by atoms with Crippen LogP contribution in [0.15, 0.2) is 102 Å². The predicted octanol–water partition coefficient (Wildman–Crippen LogP) is 5.68. The number of benzene rings is 4. The molecule has 0 bridgehead atoms. The predicted molar refractivity (Wildman–Crippen MR) is 184 cm³/mol. The van der Waals surface area contributed by atoms with E-state index in [1.165, 1.54) is 37.3 Å². The fraction of sp³-hybridized carbons (Fsp3) is 0.297. The van der Waals surface area contributed by atoms with Crippen molar-refractivity contribution in [2.24, 2.45) is 0 Å². The molecule has 0 aromatic heterocycles. The number of carbonyl (C=O) groups is 2. The van der Waals surface area contributed by atoms with Gasteiger partial charge < -0.3 is 19.7 Å². The minimum Gasteiger partial charge on any atom is -0.493 e. The summed E-state index contributed by atoms with van der Waals surface area (Å²) in [6.07, 6.45) is 0.234. The first-order chi connectivity index (χ1) is 22.4. The molecule has 0 unspecified atom stereocenters. The van der Waals surface area contributed by atoms with E-state index in [1.54, 1.807) is 24.3 Å². The summed E-state index contributed by atoms with van der Waals surface area (Å²) in [6, 6.07) is 27.2. The molecule has 0 radical (unpaired) electrons. The molecule has 9 nitrogen and oxygen atoms in total. The van der Waals surface area contributed by atoms with Gasteiger partial charge >= 0.3 is 0 Å². The van der Waals surface area contributed by atoms with E-state index in [9.17, 15) is 18.0 Å². The van der Waals surface area contributed by atoms with Gasteiger partial charge in [-0.2, -0.15) is 0 Å². The Morgan fingerprint density at radius 2 is 1.43 bits per heavy atom. The standard InChI is InChI=1S/C37H43N3O6S/c1-26(2)38-37(42)33(22-29-12-8-7-9-13-29)39(24-30-14-10-11-28(4)21-30)36(41)25-40(31-17-20-34(45-5)35(23-31)46-6)47(43,44)32-18-15-27(3)16-19-32/h7-21,23,26,33H,22,24-25H2,1-6H3,(H,38,42)/t33-/m1/s1. The number of aryl methyl sites for hydroxylation is 2. The number of hydrogen-bond acceptors (Lipinski definition) is 6. The van der Waals surface area contributed by atoms with E-state index < -0.39 is 28.5 Å². The van der Waals surface area contributed by atoms with Crippen LogP contribution >= 0.6 is 0 Å². The largest absolute Gasteiger partial charge is 0.493 e. The lowest BCUT2D eigenvalue weighted by atomic mass is 10.0. The van der Waals surface area contributed by atoms with Crippen molar-refractivity contribution in [1.82, 2.24) is 10.2 Å². The normalized spacial score (nSPS) is 11.9. The average molecular weight is 658 g/mol. The number of ether oxygens (including phenoxy) is 2. The minimum absolute atomic E-state index is 0.0225. The van der Waals surface area contributed by atoms with Crippen LogP contribution in [0.3, 0.4) is 0 Å². The second kappa shape index (κ2) is 15.6. The van der Waals surface area contributed by atoms with Gasteiger partial charge in [-0.1, -0.05) is 77.9 Å². The molecule has 0 saturated carbocycles. The highest BCUT2D eigenvalue weighted by molar-refractivity contribution is 7.92. The van der Waals surface area contributed by atoms with Crippen molar-refractivity contribution < 1.29 is 27.5 Å². The molecular weight excluding hydrogens is 614 g/mol. The first-order valence-electron chi connectivity index (χ1n) is 15.4. The minimum atomic E-state index is -4.26. The zero-order chi connectivity index (χ0) is 34.1. The smallest absolute Gasteiger partial charge is 0.264 e. The van der Waals surface area contributed by atoms with Gasteiger partial charge in [-0.25, -0.2) is 8.42 Å². The van der Waals surface area contributed by atoms with Gasteiger partial charge in [-0.05, 0) is 63.1 Å². The zero-order valence-corrected chi connectivity index (χ0v) is 28.6. The molecule has 248 valence electrons. The molecule has 0 aliphatic carbocycles. The Morgan fingerprint density at radius 3 is 2.04 bits per heavy atom. The molecule has 2 amide bonds. The summed E-state index contributed by atoms with van der Waals surface area (Å²) in [4.78, 5) is 30.0. The van der Waals surface area contributed by atoms with Gasteiger partial charge in [0.1, 0.15) is 12.6 Å². The summed E-state index contributed by atoms with van der Waals surface area (Å²) < 4.78 is 40.5. The number of sulfonamides is 1. The van der Waals surface area contributed by atoms with Crippen LogP contribution in [0.4, 0.5) is 5.69 Å². The Kier molecular flexibility index (Phi) is 11.7. The molecular formula is C37H43N3O6S. The first-order valence-corrected chi connectivity index (χ1v) is 16.9. The molecule has 0 fully saturated rings. The van der Waals surface area contributed by atoms with Crippen molar-refractivity contribution >= 4 is 27.5 Å². The van der Waals surface area contributed by atoms with Crippen LogP contribution < -0.4 is 19.1 Å². The first kappa shape index (κ1) is 35.0. The molecule has 0 aliphatic rings. The van der Waals surface area contributed by atoms with Crippen LogP contribution in [0.5, 0.6) is 11.5 Å². The van der Waals surface area contributed by atoms with Crippen molar-refractivity contribution in [1.29, 1.82) is 0 Å².